The van der Waals surface area contributed by atoms with E-state index in [4.69, 9.17) is 21.3 Å². The molecule has 4 unspecified atom stereocenters. The Balaban J connectivity index is 1.72. The maximum Gasteiger partial charge on any atom is 0.323 e. The van der Waals surface area contributed by atoms with E-state index in [1.807, 2.05) is 0 Å². The third-order valence-electron chi connectivity index (χ3n) is 7.18. The van der Waals surface area contributed by atoms with Crippen LogP contribution < -0.4 is 16.8 Å². The molecule has 3 aromatic rings. The maximum absolute atomic E-state index is 13.9. The molecule has 0 radical (unpaired) electrons. The van der Waals surface area contributed by atoms with Crippen LogP contribution in [0.4, 0.5) is 4.39 Å². The van der Waals surface area contributed by atoms with Gasteiger partial charge in [-0.25, -0.2) is 9.37 Å². The van der Waals surface area contributed by atoms with Crippen molar-refractivity contribution in [3.63, 3.8) is 0 Å². The van der Waals surface area contributed by atoms with Gasteiger partial charge in [0, 0.05) is 12.3 Å². The van der Waals surface area contributed by atoms with Gasteiger partial charge in [-0.3, -0.25) is 24.2 Å². The van der Waals surface area contributed by atoms with Crippen molar-refractivity contribution in [1.29, 1.82) is 0 Å². The van der Waals surface area contributed by atoms with Gasteiger partial charge in [-0.2, -0.15) is 0 Å². The Labute approximate surface area is 254 Å². The van der Waals surface area contributed by atoms with Gasteiger partial charge < -0.3 is 31.7 Å². The fourth-order valence-electron chi connectivity index (χ4n) is 4.66. The van der Waals surface area contributed by atoms with E-state index in [9.17, 15) is 28.7 Å². The van der Waals surface area contributed by atoms with E-state index < -0.39 is 59.3 Å². The summed E-state index contributed by atoms with van der Waals surface area (Å²) in [5, 5.41) is 22.8. The maximum atomic E-state index is 13.9. The number of hydrogen-bond donors (Lipinski definition) is 5. The van der Waals surface area contributed by atoms with Crippen LogP contribution >= 0.6 is 0 Å². The van der Waals surface area contributed by atoms with Gasteiger partial charge in [0.15, 0.2) is 0 Å². The SMILES string of the molecule is CC(C)(CCC(CC(O)C(Cc1cccc(F)c1)NC(=O)c1cnc2ccccc2n1)C(N)=O)OC(=O)C(N)CCC(=O)O. The highest BCUT2D eigenvalue weighted by molar-refractivity contribution is 5.94. The van der Waals surface area contributed by atoms with Crippen molar-refractivity contribution >= 4 is 34.8 Å². The van der Waals surface area contributed by atoms with Crippen molar-refractivity contribution in [1.82, 2.24) is 15.3 Å². The van der Waals surface area contributed by atoms with Crippen molar-refractivity contribution < 1.29 is 38.5 Å². The smallest absolute Gasteiger partial charge is 0.323 e. The van der Waals surface area contributed by atoms with Crippen molar-refractivity contribution in [2.45, 2.75) is 76.2 Å². The number of esters is 1. The minimum atomic E-state index is -1.29. The van der Waals surface area contributed by atoms with E-state index in [1.54, 1.807) is 44.2 Å². The van der Waals surface area contributed by atoms with E-state index in [0.717, 1.165) is 0 Å². The highest BCUT2D eigenvalue weighted by Gasteiger charge is 2.32. The predicted molar refractivity (Wildman–Crippen MR) is 158 cm³/mol. The Morgan fingerprint density at radius 2 is 1.77 bits per heavy atom. The van der Waals surface area contributed by atoms with Gasteiger partial charge in [0.1, 0.15) is 23.2 Å². The summed E-state index contributed by atoms with van der Waals surface area (Å²) in [5.74, 6) is -4.56. The van der Waals surface area contributed by atoms with E-state index in [0.29, 0.717) is 16.6 Å². The van der Waals surface area contributed by atoms with Crippen LogP contribution in [0.3, 0.4) is 0 Å². The number of amides is 2. The number of nitrogens with zero attached hydrogens (tertiary/aromatic N) is 2. The van der Waals surface area contributed by atoms with Crippen LogP contribution in [0.2, 0.25) is 0 Å². The molecule has 1 heterocycles. The first-order valence-corrected chi connectivity index (χ1v) is 14.2. The monoisotopic (exact) mass is 611 g/mol. The molecular weight excluding hydrogens is 573 g/mol. The number of primary amides is 1. The zero-order chi connectivity index (χ0) is 32.4. The molecule has 0 aliphatic heterocycles. The van der Waals surface area contributed by atoms with Gasteiger partial charge in [0.25, 0.3) is 5.91 Å². The average molecular weight is 612 g/mol. The summed E-state index contributed by atoms with van der Waals surface area (Å²) in [6, 6.07) is 10.6. The number of aliphatic hydroxyl groups is 1. The van der Waals surface area contributed by atoms with Crippen LogP contribution in [-0.2, 0) is 25.5 Å². The predicted octanol–water partition coefficient (Wildman–Crippen LogP) is 2.26. The van der Waals surface area contributed by atoms with Crippen molar-refractivity contribution in [3.8, 4) is 0 Å². The molecule has 0 spiro atoms. The lowest BCUT2D eigenvalue weighted by atomic mass is 9.87. The number of aromatic nitrogens is 2. The van der Waals surface area contributed by atoms with Crippen LogP contribution in [0.15, 0.2) is 54.7 Å². The summed E-state index contributed by atoms with van der Waals surface area (Å²) in [5.41, 5.74) is 11.9. The molecular formula is C31H38FN5O7. The second-order valence-electron chi connectivity index (χ2n) is 11.3. The summed E-state index contributed by atoms with van der Waals surface area (Å²) in [4.78, 5) is 57.3. The Bertz CT molecular complexity index is 1480. The Kier molecular flexibility index (Phi) is 11.8. The lowest BCUT2D eigenvalue weighted by molar-refractivity contribution is -0.159. The number of ether oxygens (including phenoxy) is 1. The van der Waals surface area contributed by atoms with Gasteiger partial charge in [-0.1, -0.05) is 24.3 Å². The first-order chi connectivity index (χ1) is 20.7. The number of benzene rings is 2. The van der Waals surface area contributed by atoms with Gasteiger partial charge in [0.05, 0.1) is 29.4 Å². The van der Waals surface area contributed by atoms with Gasteiger partial charge in [0.2, 0.25) is 5.91 Å². The van der Waals surface area contributed by atoms with Crippen LogP contribution in [0, 0.1) is 11.7 Å². The lowest BCUT2D eigenvalue weighted by Crippen LogP contribution is -2.47. The number of carboxylic acid groups (broad SMARTS) is 1. The number of halogens is 1. The highest BCUT2D eigenvalue weighted by atomic mass is 19.1. The number of rotatable bonds is 16. The van der Waals surface area contributed by atoms with Crippen LogP contribution in [0.5, 0.6) is 0 Å². The number of aliphatic carboxylic acids is 1. The van der Waals surface area contributed by atoms with Crippen LogP contribution in [0.1, 0.15) is 62.0 Å². The molecule has 2 amide bonds. The van der Waals surface area contributed by atoms with Crippen molar-refractivity contribution in [3.05, 3.63) is 71.8 Å². The molecule has 1 aromatic heterocycles. The summed E-state index contributed by atoms with van der Waals surface area (Å²) < 4.78 is 19.4. The first kappa shape index (κ1) is 34.0. The highest BCUT2D eigenvalue weighted by Crippen LogP contribution is 2.25. The number of fused-ring (bicyclic) bond motifs is 1. The minimum absolute atomic E-state index is 0.0109. The Morgan fingerprint density at radius 1 is 1.07 bits per heavy atom. The van der Waals surface area contributed by atoms with E-state index >= 15 is 0 Å². The second-order valence-corrected chi connectivity index (χ2v) is 11.3. The molecule has 3 rings (SSSR count). The molecule has 2 aromatic carbocycles. The molecule has 7 N–H and O–H groups in total. The molecule has 12 nitrogen and oxygen atoms in total. The van der Waals surface area contributed by atoms with Crippen LogP contribution in [-0.4, -0.2) is 67.7 Å². The van der Waals surface area contributed by atoms with E-state index in [-0.39, 0.29) is 44.2 Å². The van der Waals surface area contributed by atoms with Gasteiger partial charge >= 0.3 is 11.9 Å². The number of carboxylic acids is 1. The molecule has 0 saturated heterocycles. The number of nitrogens with two attached hydrogens (primary N) is 2. The number of hydrogen-bond acceptors (Lipinski definition) is 9. The van der Waals surface area contributed by atoms with Crippen LogP contribution in [0.25, 0.3) is 11.0 Å². The average Bonchev–Trinajstić information content (AvgIpc) is 2.96. The molecule has 0 aliphatic rings. The quantitative estimate of drug-likeness (QED) is 0.149. The normalized spacial score (nSPS) is 14.3. The summed E-state index contributed by atoms with van der Waals surface area (Å²) >= 11 is 0. The zero-order valence-corrected chi connectivity index (χ0v) is 24.6. The molecule has 236 valence electrons. The Hall–Kier alpha value is -4.49. The minimum Gasteiger partial charge on any atom is -0.481 e. The number of para-hydroxylation sites is 2. The number of nitrogens with one attached hydrogen (secondary N) is 1. The number of carbonyl (C=O) groups excluding carboxylic acids is 3. The first-order valence-electron chi connectivity index (χ1n) is 14.2. The number of aliphatic hydroxyl groups excluding tert-OH is 1. The fraction of sp³-hybridized carbons (Fsp3) is 0.419. The number of carbonyl (C=O) groups is 4. The molecule has 44 heavy (non-hydrogen) atoms. The molecule has 0 fully saturated rings. The zero-order valence-electron chi connectivity index (χ0n) is 24.6. The molecule has 13 heteroatoms. The largest absolute Gasteiger partial charge is 0.481 e. The topological polar surface area (TPSA) is 208 Å². The fourth-order valence-corrected chi connectivity index (χ4v) is 4.66. The summed E-state index contributed by atoms with van der Waals surface area (Å²) in [7, 11) is 0. The molecule has 0 aliphatic carbocycles. The van der Waals surface area contributed by atoms with Gasteiger partial charge in [-0.15, -0.1) is 0 Å². The standard InChI is InChI=1S/C31H38FN5O7/c1-31(2,44-30(43)21(33)10-11-27(39)40)13-12-19(28(34)41)16-26(38)24(15-18-6-5-7-20(32)14-18)37-29(42)25-17-35-22-8-3-4-9-23(22)36-25/h3-9,14,17,19,21,24,26,38H,10-13,15-16,33H2,1-2H3,(H2,34,41)(H,37,42)(H,39,40). The molecule has 0 bridgehead atoms. The van der Waals surface area contributed by atoms with Gasteiger partial charge in [-0.05, 0) is 75.8 Å². The molecule has 0 saturated carbocycles. The summed E-state index contributed by atoms with van der Waals surface area (Å²) in [6.45, 7) is 3.22. The summed E-state index contributed by atoms with van der Waals surface area (Å²) in [6.07, 6.45) is -0.195. The van der Waals surface area contributed by atoms with Crippen molar-refractivity contribution in [2.24, 2.45) is 17.4 Å². The lowest BCUT2D eigenvalue weighted by Gasteiger charge is -2.30. The molecule has 4 atom stereocenters. The third-order valence-corrected chi connectivity index (χ3v) is 7.18. The van der Waals surface area contributed by atoms with E-state index in [2.05, 4.69) is 15.3 Å². The second kappa shape index (κ2) is 15.3. The third kappa shape index (κ3) is 10.3. The Morgan fingerprint density at radius 3 is 2.43 bits per heavy atom. The van der Waals surface area contributed by atoms with E-state index in [1.165, 1.54) is 24.4 Å². The van der Waals surface area contributed by atoms with Crippen molar-refractivity contribution in [2.75, 3.05) is 0 Å².